The molecule has 0 N–H and O–H groups in total. The molecule has 0 saturated heterocycles. The zero-order chi connectivity index (χ0) is 15.5. The summed E-state index contributed by atoms with van der Waals surface area (Å²) >= 11 is 5.94. The molecule has 0 radical (unpaired) electrons. The number of pyridine rings is 1. The number of hydrogen-bond donors (Lipinski definition) is 0. The molecule has 0 spiro atoms. The van der Waals surface area contributed by atoms with Gasteiger partial charge < -0.3 is 4.74 Å². The van der Waals surface area contributed by atoms with Crippen molar-refractivity contribution in [3.05, 3.63) is 47.2 Å². The number of rotatable bonds is 3. The first kappa shape index (κ1) is 15.1. The Morgan fingerprint density at radius 2 is 1.95 bits per heavy atom. The molecule has 21 heavy (non-hydrogen) atoms. The maximum atomic E-state index is 12.4. The molecule has 3 nitrogen and oxygen atoms in total. The van der Waals surface area contributed by atoms with E-state index in [1.807, 2.05) is 6.07 Å². The molecule has 0 aliphatic heterocycles. The number of halogens is 4. The minimum absolute atomic E-state index is 0.0370. The van der Waals surface area contributed by atoms with Crippen molar-refractivity contribution in [2.45, 2.75) is 12.8 Å². The standard InChI is InChI=1S/C14H8ClF3N2O/c15-13-11(7-9(5-6-19)8-20-13)10-3-1-2-4-12(10)21-14(16,17)18/h1-4,7-8H,5H2. The smallest absolute Gasteiger partial charge is 0.405 e. The number of para-hydroxylation sites is 1. The van der Waals surface area contributed by atoms with Gasteiger partial charge in [0, 0.05) is 17.3 Å². The molecule has 0 bridgehead atoms. The van der Waals surface area contributed by atoms with Gasteiger partial charge >= 0.3 is 6.36 Å². The van der Waals surface area contributed by atoms with Crippen LogP contribution in [0.15, 0.2) is 36.5 Å². The molecular formula is C14H8ClF3N2O. The van der Waals surface area contributed by atoms with E-state index >= 15 is 0 Å². The molecule has 1 aromatic heterocycles. The maximum absolute atomic E-state index is 12.4. The summed E-state index contributed by atoms with van der Waals surface area (Å²) in [6.07, 6.45) is -3.32. The third kappa shape index (κ3) is 3.86. The van der Waals surface area contributed by atoms with E-state index in [0.717, 1.165) is 0 Å². The summed E-state index contributed by atoms with van der Waals surface area (Å²) in [6, 6.07) is 9.08. The lowest BCUT2D eigenvalue weighted by Crippen LogP contribution is -2.17. The molecule has 0 aliphatic carbocycles. The van der Waals surface area contributed by atoms with E-state index in [1.54, 1.807) is 6.07 Å². The Balaban J connectivity index is 2.52. The van der Waals surface area contributed by atoms with Crippen LogP contribution in [0.2, 0.25) is 5.15 Å². The fourth-order valence-electron chi connectivity index (χ4n) is 1.77. The van der Waals surface area contributed by atoms with Crippen molar-refractivity contribution in [3.8, 4) is 22.9 Å². The summed E-state index contributed by atoms with van der Waals surface area (Å²) in [7, 11) is 0. The third-order valence-corrected chi connectivity index (χ3v) is 2.88. The van der Waals surface area contributed by atoms with E-state index in [9.17, 15) is 13.2 Å². The highest BCUT2D eigenvalue weighted by Gasteiger charge is 2.32. The van der Waals surface area contributed by atoms with Gasteiger partial charge in [-0.1, -0.05) is 29.8 Å². The highest BCUT2D eigenvalue weighted by molar-refractivity contribution is 6.32. The zero-order valence-electron chi connectivity index (χ0n) is 10.5. The second-order valence-corrected chi connectivity index (χ2v) is 4.42. The fraction of sp³-hybridized carbons (Fsp3) is 0.143. The Hall–Kier alpha value is -2.26. The van der Waals surface area contributed by atoms with Gasteiger partial charge in [0.1, 0.15) is 10.9 Å². The van der Waals surface area contributed by atoms with Crippen molar-refractivity contribution < 1.29 is 17.9 Å². The largest absolute Gasteiger partial charge is 0.573 e. The summed E-state index contributed by atoms with van der Waals surface area (Å²) in [5.74, 6) is -0.372. The monoisotopic (exact) mass is 312 g/mol. The Labute approximate surface area is 123 Å². The van der Waals surface area contributed by atoms with Crippen molar-refractivity contribution in [1.82, 2.24) is 4.98 Å². The third-order valence-electron chi connectivity index (χ3n) is 2.58. The van der Waals surface area contributed by atoms with Crippen LogP contribution >= 0.6 is 11.6 Å². The number of nitriles is 1. The summed E-state index contributed by atoms with van der Waals surface area (Å²) in [5, 5.41) is 8.71. The van der Waals surface area contributed by atoms with Crippen LogP contribution < -0.4 is 4.74 Å². The second-order valence-electron chi connectivity index (χ2n) is 4.06. The molecule has 2 rings (SSSR count). The number of alkyl halides is 3. The Bertz CT molecular complexity index is 695. The van der Waals surface area contributed by atoms with Crippen molar-refractivity contribution in [1.29, 1.82) is 5.26 Å². The van der Waals surface area contributed by atoms with Crippen molar-refractivity contribution in [2.75, 3.05) is 0 Å². The number of ether oxygens (including phenoxy) is 1. The van der Waals surface area contributed by atoms with Crippen molar-refractivity contribution in [3.63, 3.8) is 0 Å². The predicted octanol–water partition coefficient (Wildman–Crippen LogP) is 4.37. The lowest BCUT2D eigenvalue weighted by Gasteiger charge is -2.14. The van der Waals surface area contributed by atoms with E-state index in [-0.39, 0.29) is 28.5 Å². The number of aromatic nitrogens is 1. The molecule has 0 amide bonds. The molecule has 7 heteroatoms. The van der Waals surface area contributed by atoms with Crippen LogP contribution in [0.4, 0.5) is 13.2 Å². The van der Waals surface area contributed by atoms with Crippen LogP contribution in [0.3, 0.4) is 0 Å². The van der Waals surface area contributed by atoms with Crippen molar-refractivity contribution >= 4 is 11.6 Å². The topological polar surface area (TPSA) is 45.9 Å². The molecule has 1 heterocycles. The van der Waals surface area contributed by atoms with Gasteiger partial charge in [0.2, 0.25) is 0 Å². The molecule has 0 atom stereocenters. The summed E-state index contributed by atoms with van der Waals surface area (Å²) in [4.78, 5) is 3.89. The van der Waals surface area contributed by atoms with Gasteiger partial charge in [-0.15, -0.1) is 13.2 Å². The van der Waals surface area contributed by atoms with Gasteiger partial charge in [-0.3, -0.25) is 0 Å². The van der Waals surface area contributed by atoms with Gasteiger partial charge in [0.15, 0.2) is 0 Å². The molecule has 108 valence electrons. The minimum atomic E-state index is -4.81. The first-order valence-corrected chi connectivity index (χ1v) is 6.15. The van der Waals surface area contributed by atoms with E-state index in [2.05, 4.69) is 9.72 Å². The van der Waals surface area contributed by atoms with Gasteiger partial charge in [-0.05, 0) is 17.7 Å². The highest BCUT2D eigenvalue weighted by Crippen LogP contribution is 2.36. The normalized spacial score (nSPS) is 11.0. The SMILES string of the molecule is N#CCc1cnc(Cl)c(-c2ccccc2OC(F)(F)F)c1. The lowest BCUT2D eigenvalue weighted by atomic mass is 10.0. The first-order chi connectivity index (χ1) is 9.90. The van der Waals surface area contributed by atoms with Crippen molar-refractivity contribution in [2.24, 2.45) is 0 Å². The van der Waals surface area contributed by atoms with Gasteiger partial charge in [0.25, 0.3) is 0 Å². The number of hydrogen-bond acceptors (Lipinski definition) is 3. The highest BCUT2D eigenvalue weighted by atomic mass is 35.5. The average molecular weight is 313 g/mol. The van der Waals surface area contributed by atoms with Gasteiger partial charge in [0.05, 0.1) is 12.5 Å². The van der Waals surface area contributed by atoms with Crippen LogP contribution in [-0.2, 0) is 6.42 Å². The Morgan fingerprint density at radius 1 is 1.24 bits per heavy atom. The molecule has 0 aliphatic rings. The van der Waals surface area contributed by atoms with E-state index in [0.29, 0.717) is 5.56 Å². The summed E-state index contributed by atoms with van der Waals surface area (Å²) in [5.41, 5.74) is 0.995. The molecule has 1 aromatic carbocycles. The minimum Gasteiger partial charge on any atom is -0.405 e. The summed E-state index contributed by atoms with van der Waals surface area (Å²) < 4.78 is 41.3. The van der Waals surface area contributed by atoms with Crippen LogP contribution in [0.5, 0.6) is 5.75 Å². The molecule has 2 aromatic rings. The van der Waals surface area contributed by atoms with Crippen LogP contribution in [-0.4, -0.2) is 11.3 Å². The molecule has 0 fully saturated rings. The Kier molecular flexibility index (Phi) is 4.34. The van der Waals surface area contributed by atoms with Crippen LogP contribution in [0.1, 0.15) is 5.56 Å². The first-order valence-electron chi connectivity index (χ1n) is 5.77. The number of benzene rings is 1. The molecule has 0 saturated carbocycles. The maximum Gasteiger partial charge on any atom is 0.573 e. The fourth-order valence-corrected chi connectivity index (χ4v) is 1.98. The van der Waals surface area contributed by atoms with Gasteiger partial charge in [-0.2, -0.15) is 5.26 Å². The molecular weight excluding hydrogens is 305 g/mol. The van der Waals surface area contributed by atoms with Crippen LogP contribution in [0.25, 0.3) is 11.1 Å². The van der Waals surface area contributed by atoms with E-state index in [4.69, 9.17) is 16.9 Å². The zero-order valence-corrected chi connectivity index (χ0v) is 11.2. The average Bonchev–Trinajstić information content (AvgIpc) is 2.40. The Morgan fingerprint density at radius 3 is 2.62 bits per heavy atom. The number of nitrogens with zero attached hydrogens (tertiary/aromatic N) is 2. The second kappa shape index (κ2) is 6.02. The lowest BCUT2D eigenvalue weighted by molar-refractivity contribution is -0.274. The van der Waals surface area contributed by atoms with Crippen LogP contribution in [0, 0.1) is 11.3 Å². The van der Waals surface area contributed by atoms with E-state index < -0.39 is 6.36 Å². The van der Waals surface area contributed by atoms with Gasteiger partial charge in [-0.25, -0.2) is 4.98 Å². The molecule has 0 unspecified atom stereocenters. The van der Waals surface area contributed by atoms with E-state index in [1.165, 1.54) is 30.5 Å². The quantitative estimate of drug-likeness (QED) is 0.791. The predicted molar refractivity (Wildman–Crippen MR) is 70.7 cm³/mol. The summed E-state index contributed by atoms with van der Waals surface area (Å²) in [6.45, 7) is 0.